The zero-order valence-corrected chi connectivity index (χ0v) is 21.3. The van der Waals surface area contributed by atoms with Crippen molar-refractivity contribution < 1.29 is 28.2 Å². The van der Waals surface area contributed by atoms with Gasteiger partial charge in [0.2, 0.25) is 5.91 Å². The first-order valence-electron chi connectivity index (χ1n) is 12.1. The van der Waals surface area contributed by atoms with Crippen LogP contribution in [-0.4, -0.2) is 31.4 Å². The summed E-state index contributed by atoms with van der Waals surface area (Å²) in [6, 6.07) is 17.0. The number of halogens is 1. The summed E-state index contributed by atoms with van der Waals surface area (Å²) in [4.78, 5) is 43.2. The van der Waals surface area contributed by atoms with Crippen molar-refractivity contribution in [2.45, 2.75) is 31.6 Å². The number of esters is 1. The molecule has 3 atom stereocenters. The summed E-state index contributed by atoms with van der Waals surface area (Å²) < 4.78 is 25.6. The molecule has 0 bridgehead atoms. The van der Waals surface area contributed by atoms with Crippen molar-refractivity contribution in [1.82, 2.24) is 0 Å². The number of para-hydroxylation sites is 1. The number of benzene rings is 2. The number of carbonyl (C=O) groups is 3. The van der Waals surface area contributed by atoms with Crippen LogP contribution in [0.4, 0.5) is 10.1 Å². The van der Waals surface area contributed by atoms with E-state index in [0.29, 0.717) is 17.0 Å². The van der Waals surface area contributed by atoms with Gasteiger partial charge < -0.3 is 9.47 Å². The normalized spacial score (nSPS) is 21.6. The van der Waals surface area contributed by atoms with E-state index in [2.05, 4.69) is 0 Å². The van der Waals surface area contributed by atoms with E-state index in [-0.39, 0.29) is 36.8 Å². The molecule has 2 aromatic carbocycles. The van der Waals surface area contributed by atoms with Gasteiger partial charge in [0.15, 0.2) is 5.78 Å². The van der Waals surface area contributed by atoms with Crippen LogP contribution in [0.2, 0.25) is 0 Å². The standard InChI is InChI=1S/C29H26FNO5S/c1-3-36-29(34)27-20(24-9-6-14-37-24)15-23-26(28(27)33)19(17-10-12-18(35-2)13-11-17)16-25(32)31(23)22-8-5-4-7-21(22)30/h4-14,19-20,27H,3,15-16H2,1-2H3. The number of ether oxygens (including phenoxy) is 2. The molecule has 37 heavy (non-hydrogen) atoms. The van der Waals surface area contributed by atoms with Crippen molar-refractivity contribution in [2.75, 3.05) is 18.6 Å². The minimum absolute atomic E-state index is 0.0373. The minimum atomic E-state index is -1.05. The van der Waals surface area contributed by atoms with Gasteiger partial charge in [-0.2, -0.15) is 0 Å². The van der Waals surface area contributed by atoms with Crippen molar-refractivity contribution in [2.24, 2.45) is 5.92 Å². The molecular formula is C29H26FNO5S. The quantitative estimate of drug-likeness (QED) is 0.313. The number of rotatable bonds is 6. The van der Waals surface area contributed by atoms with Crippen LogP contribution in [0, 0.1) is 11.7 Å². The van der Waals surface area contributed by atoms with Crippen LogP contribution >= 0.6 is 11.3 Å². The van der Waals surface area contributed by atoms with Gasteiger partial charge in [-0.3, -0.25) is 19.3 Å². The highest BCUT2D eigenvalue weighted by Gasteiger charge is 2.50. The van der Waals surface area contributed by atoms with Crippen LogP contribution in [0.3, 0.4) is 0 Å². The van der Waals surface area contributed by atoms with E-state index in [1.165, 1.54) is 28.4 Å². The molecule has 1 aliphatic carbocycles. The first kappa shape index (κ1) is 24.9. The maximum atomic E-state index is 15.0. The molecule has 0 N–H and O–H groups in total. The van der Waals surface area contributed by atoms with Gasteiger partial charge in [-0.15, -0.1) is 11.3 Å². The molecule has 0 spiro atoms. The average Bonchev–Trinajstić information content (AvgIpc) is 3.44. The zero-order chi connectivity index (χ0) is 26.1. The lowest BCUT2D eigenvalue weighted by molar-refractivity contribution is -0.152. The van der Waals surface area contributed by atoms with Crippen LogP contribution in [0.15, 0.2) is 77.3 Å². The summed E-state index contributed by atoms with van der Waals surface area (Å²) in [5.41, 5.74) is 1.64. The molecule has 3 unspecified atom stereocenters. The van der Waals surface area contributed by atoms with Crippen LogP contribution in [0.25, 0.3) is 0 Å². The molecule has 0 fully saturated rings. The molecule has 1 amide bonds. The largest absolute Gasteiger partial charge is 0.497 e. The number of carbonyl (C=O) groups excluding carboxylic acids is 3. The third kappa shape index (κ3) is 4.46. The number of nitrogens with zero attached hydrogens (tertiary/aromatic N) is 1. The Kier molecular flexibility index (Phi) is 6.93. The fourth-order valence-corrected chi connectivity index (χ4v) is 6.20. The van der Waals surface area contributed by atoms with Crippen LogP contribution in [0.5, 0.6) is 5.75 Å². The molecule has 6 nitrogen and oxygen atoms in total. The number of hydrogen-bond donors (Lipinski definition) is 0. The summed E-state index contributed by atoms with van der Waals surface area (Å²) in [5.74, 6) is -3.34. The molecule has 190 valence electrons. The van der Waals surface area contributed by atoms with Crippen molar-refractivity contribution in [1.29, 1.82) is 0 Å². The highest BCUT2D eigenvalue weighted by molar-refractivity contribution is 7.10. The number of amides is 1. The Hall–Kier alpha value is -3.78. The van der Waals surface area contributed by atoms with E-state index < -0.39 is 29.5 Å². The summed E-state index contributed by atoms with van der Waals surface area (Å²) in [7, 11) is 1.56. The van der Waals surface area contributed by atoms with Gasteiger partial charge in [-0.1, -0.05) is 30.3 Å². The number of ketones is 1. The van der Waals surface area contributed by atoms with Crippen LogP contribution in [-0.2, 0) is 19.1 Å². The van der Waals surface area contributed by atoms with E-state index in [0.717, 1.165) is 10.4 Å². The fraction of sp³-hybridized carbons (Fsp3) is 0.276. The van der Waals surface area contributed by atoms with Crippen LogP contribution in [0.1, 0.15) is 42.0 Å². The Bertz CT molecular complexity index is 1370. The lowest BCUT2D eigenvalue weighted by Crippen LogP contribution is -2.46. The second-order valence-electron chi connectivity index (χ2n) is 8.99. The van der Waals surface area contributed by atoms with Gasteiger partial charge in [-0.25, -0.2) is 4.39 Å². The van der Waals surface area contributed by atoms with Crippen molar-refractivity contribution in [3.05, 3.63) is 93.6 Å². The minimum Gasteiger partial charge on any atom is -0.497 e. The average molecular weight is 520 g/mol. The monoisotopic (exact) mass is 519 g/mol. The maximum Gasteiger partial charge on any atom is 0.317 e. The highest BCUT2D eigenvalue weighted by atomic mass is 32.1. The smallest absolute Gasteiger partial charge is 0.317 e. The molecule has 2 heterocycles. The summed E-state index contributed by atoms with van der Waals surface area (Å²) in [6.45, 7) is 1.85. The van der Waals surface area contributed by atoms with Gasteiger partial charge in [0, 0.05) is 34.4 Å². The van der Waals surface area contributed by atoms with Crippen LogP contribution < -0.4 is 9.64 Å². The SMILES string of the molecule is CCOC(=O)C1C(=O)C2=C(CC1c1cccs1)N(c1ccccc1F)C(=O)CC2c1ccc(OC)cc1. The molecule has 1 aromatic heterocycles. The van der Waals surface area contributed by atoms with E-state index in [1.807, 2.05) is 29.6 Å². The lowest BCUT2D eigenvalue weighted by Gasteiger charge is -2.42. The Morgan fingerprint density at radius 3 is 2.46 bits per heavy atom. The van der Waals surface area contributed by atoms with Gasteiger partial charge in [0.05, 0.1) is 19.4 Å². The Morgan fingerprint density at radius 2 is 1.81 bits per heavy atom. The Morgan fingerprint density at radius 1 is 1.05 bits per heavy atom. The lowest BCUT2D eigenvalue weighted by atomic mass is 9.69. The molecule has 1 aliphatic heterocycles. The maximum absolute atomic E-state index is 15.0. The number of allylic oxidation sites excluding steroid dienone is 2. The summed E-state index contributed by atoms with van der Waals surface area (Å²) >= 11 is 1.44. The number of methoxy groups -OCH3 is 1. The number of thiophene rings is 1. The topological polar surface area (TPSA) is 72.9 Å². The first-order valence-corrected chi connectivity index (χ1v) is 13.0. The van der Waals surface area contributed by atoms with E-state index in [9.17, 15) is 18.8 Å². The summed E-state index contributed by atoms with van der Waals surface area (Å²) in [5, 5.41) is 1.88. The molecule has 0 saturated carbocycles. The summed E-state index contributed by atoms with van der Waals surface area (Å²) in [6.07, 6.45) is 0.183. The highest BCUT2D eigenvalue weighted by Crippen LogP contribution is 2.50. The van der Waals surface area contributed by atoms with Crippen molar-refractivity contribution in [3.63, 3.8) is 0 Å². The van der Waals surface area contributed by atoms with E-state index in [1.54, 1.807) is 38.3 Å². The third-order valence-corrected chi connectivity index (χ3v) is 7.99. The number of hydrogen-bond acceptors (Lipinski definition) is 6. The van der Waals surface area contributed by atoms with E-state index >= 15 is 0 Å². The molecule has 5 rings (SSSR count). The molecule has 0 saturated heterocycles. The van der Waals surface area contributed by atoms with Gasteiger partial charge in [0.25, 0.3) is 0 Å². The predicted octanol–water partition coefficient (Wildman–Crippen LogP) is 5.61. The van der Waals surface area contributed by atoms with Crippen molar-refractivity contribution >= 4 is 34.7 Å². The van der Waals surface area contributed by atoms with E-state index in [4.69, 9.17) is 9.47 Å². The molecule has 2 aliphatic rings. The van der Waals surface area contributed by atoms with Gasteiger partial charge >= 0.3 is 5.97 Å². The molecule has 8 heteroatoms. The molecule has 3 aromatic rings. The Labute approximate surface area is 218 Å². The van der Waals surface area contributed by atoms with Crippen molar-refractivity contribution in [3.8, 4) is 5.75 Å². The van der Waals surface area contributed by atoms with Gasteiger partial charge in [-0.05, 0) is 54.6 Å². The molecule has 0 radical (unpaired) electrons. The predicted molar refractivity (Wildman–Crippen MR) is 138 cm³/mol. The molecular weight excluding hydrogens is 493 g/mol. The first-order chi connectivity index (χ1) is 17.9. The third-order valence-electron chi connectivity index (χ3n) is 6.98. The second-order valence-corrected chi connectivity index (χ2v) is 9.97. The fourth-order valence-electron chi connectivity index (χ4n) is 5.34. The number of Topliss-reactive ketones (excluding diaryl/α,β-unsaturated/α-hetero) is 1. The van der Waals surface area contributed by atoms with Gasteiger partial charge in [0.1, 0.15) is 17.5 Å². The Balaban J connectivity index is 1.72. The number of anilines is 1. The second kappa shape index (κ2) is 10.3. The zero-order valence-electron chi connectivity index (χ0n) is 20.5.